The number of carbonyl (C=O) groups excluding carboxylic acids is 1. The average Bonchev–Trinajstić information content (AvgIpc) is 2.30. The molecule has 0 spiro atoms. The van der Waals surface area contributed by atoms with Crippen molar-refractivity contribution in [2.75, 3.05) is 0 Å². The second kappa shape index (κ2) is 4.13. The number of hydrogen-bond acceptors (Lipinski definition) is 1. The summed E-state index contributed by atoms with van der Waals surface area (Å²) in [5, 5.41) is 0. The Morgan fingerprint density at radius 1 is 1.27 bits per heavy atom. The van der Waals surface area contributed by atoms with Crippen molar-refractivity contribution < 1.29 is 4.79 Å². The van der Waals surface area contributed by atoms with Gasteiger partial charge in [0, 0.05) is 11.5 Å². The van der Waals surface area contributed by atoms with Crippen LogP contribution in [0.4, 0.5) is 0 Å². The van der Waals surface area contributed by atoms with E-state index in [4.69, 9.17) is 5.73 Å². The Bertz CT molecular complexity index is 417. The van der Waals surface area contributed by atoms with Gasteiger partial charge in [0.1, 0.15) is 0 Å². The minimum absolute atomic E-state index is 0.349. The van der Waals surface area contributed by atoms with Crippen molar-refractivity contribution in [1.82, 2.24) is 0 Å². The molecule has 0 aliphatic heterocycles. The lowest BCUT2D eigenvalue weighted by molar-refractivity contribution is -0.114. The van der Waals surface area contributed by atoms with E-state index in [2.05, 4.69) is 12.1 Å². The zero-order valence-corrected chi connectivity index (χ0v) is 8.39. The molecule has 1 aliphatic rings. The van der Waals surface area contributed by atoms with E-state index < -0.39 is 0 Å². The van der Waals surface area contributed by atoms with Crippen molar-refractivity contribution in [1.29, 1.82) is 0 Å². The molecule has 0 heterocycles. The normalized spacial score (nSPS) is 19.7. The first-order valence-electron chi connectivity index (χ1n) is 5.00. The maximum absolute atomic E-state index is 10.9. The Morgan fingerprint density at radius 2 is 2.00 bits per heavy atom. The van der Waals surface area contributed by atoms with Crippen LogP contribution >= 0.6 is 0 Å². The van der Waals surface area contributed by atoms with Gasteiger partial charge in [-0.1, -0.05) is 48.6 Å². The van der Waals surface area contributed by atoms with E-state index >= 15 is 0 Å². The summed E-state index contributed by atoms with van der Waals surface area (Å²) in [5.41, 5.74) is 7.08. The van der Waals surface area contributed by atoms with E-state index in [1.165, 1.54) is 5.56 Å². The minimum Gasteiger partial charge on any atom is -0.366 e. The van der Waals surface area contributed by atoms with Gasteiger partial charge in [-0.05, 0) is 12.0 Å². The molecule has 0 bridgehead atoms. The number of carbonyl (C=O) groups is 1. The molecule has 15 heavy (non-hydrogen) atoms. The van der Waals surface area contributed by atoms with Crippen LogP contribution in [-0.2, 0) is 4.79 Å². The predicted octanol–water partition coefficient (Wildman–Crippen LogP) is 2.14. The SMILES string of the molecule is NC(=O)C1=CCC(c2ccccc2)C=C1. The highest BCUT2D eigenvalue weighted by Gasteiger charge is 2.12. The van der Waals surface area contributed by atoms with Crippen molar-refractivity contribution in [3.8, 4) is 0 Å². The number of allylic oxidation sites excluding steroid dienone is 2. The van der Waals surface area contributed by atoms with Gasteiger partial charge in [0.2, 0.25) is 5.91 Å². The van der Waals surface area contributed by atoms with E-state index in [1.807, 2.05) is 36.4 Å². The van der Waals surface area contributed by atoms with Gasteiger partial charge in [-0.25, -0.2) is 0 Å². The van der Waals surface area contributed by atoms with Crippen molar-refractivity contribution in [2.45, 2.75) is 12.3 Å². The first-order valence-corrected chi connectivity index (χ1v) is 5.00. The Hall–Kier alpha value is -1.83. The van der Waals surface area contributed by atoms with Crippen LogP contribution in [0, 0.1) is 0 Å². The van der Waals surface area contributed by atoms with Crippen molar-refractivity contribution in [3.63, 3.8) is 0 Å². The van der Waals surface area contributed by atoms with Gasteiger partial charge in [-0.3, -0.25) is 4.79 Å². The Balaban J connectivity index is 2.14. The van der Waals surface area contributed by atoms with Crippen LogP contribution in [-0.4, -0.2) is 5.91 Å². The Morgan fingerprint density at radius 3 is 2.53 bits per heavy atom. The quantitative estimate of drug-likeness (QED) is 0.779. The molecule has 1 unspecified atom stereocenters. The summed E-state index contributed by atoms with van der Waals surface area (Å²) >= 11 is 0. The summed E-state index contributed by atoms with van der Waals surface area (Å²) in [7, 11) is 0. The number of rotatable bonds is 2. The van der Waals surface area contributed by atoms with Crippen LogP contribution < -0.4 is 5.73 Å². The summed E-state index contributed by atoms with van der Waals surface area (Å²) in [5.74, 6) is 0.0204. The number of nitrogens with two attached hydrogens (primary N) is 1. The van der Waals surface area contributed by atoms with Crippen LogP contribution in [0.1, 0.15) is 17.9 Å². The zero-order valence-electron chi connectivity index (χ0n) is 8.39. The molecule has 0 saturated carbocycles. The molecule has 1 aromatic rings. The lowest BCUT2D eigenvalue weighted by atomic mass is 9.90. The molecule has 2 nitrogen and oxygen atoms in total. The van der Waals surface area contributed by atoms with Crippen LogP contribution in [0.3, 0.4) is 0 Å². The summed E-state index contributed by atoms with van der Waals surface area (Å²) in [6, 6.07) is 10.2. The van der Waals surface area contributed by atoms with Crippen LogP contribution in [0.25, 0.3) is 0 Å². The highest BCUT2D eigenvalue weighted by atomic mass is 16.1. The molecule has 0 fully saturated rings. The molecule has 1 amide bonds. The summed E-state index contributed by atoms with van der Waals surface area (Å²) in [6.45, 7) is 0. The van der Waals surface area contributed by atoms with E-state index in [9.17, 15) is 4.79 Å². The second-order valence-corrected chi connectivity index (χ2v) is 3.64. The van der Waals surface area contributed by atoms with E-state index in [0.29, 0.717) is 11.5 Å². The van der Waals surface area contributed by atoms with E-state index in [0.717, 1.165) is 6.42 Å². The first-order chi connectivity index (χ1) is 7.27. The lowest BCUT2D eigenvalue weighted by Crippen LogP contribution is -2.14. The monoisotopic (exact) mass is 199 g/mol. The first kappa shape index (κ1) is 9.71. The smallest absolute Gasteiger partial charge is 0.248 e. The Labute approximate surface area is 89.1 Å². The minimum atomic E-state index is -0.349. The zero-order chi connectivity index (χ0) is 10.7. The topological polar surface area (TPSA) is 43.1 Å². The van der Waals surface area contributed by atoms with E-state index in [1.54, 1.807) is 0 Å². The molecular weight excluding hydrogens is 186 g/mol. The van der Waals surface area contributed by atoms with Gasteiger partial charge < -0.3 is 5.73 Å². The van der Waals surface area contributed by atoms with Gasteiger partial charge >= 0.3 is 0 Å². The molecule has 2 N–H and O–H groups in total. The number of amides is 1. The second-order valence-electron chi connectivity index (χ2n) is 3.64. The molecule has 76 valence electrons. The molecule has 1 aromatic carbocycles. The van der Waals surface area contributed by atoms with Gasteiger partial charge in [-0.15, -0.1) is 0 Å². The molecule has 0 saturated heterocycles. The third kappa shape index (κ3) is 2.15. The van der Waals surface area contributed by atoms with Gasteiger partial charge in [0.05, 0.1) is 0 Å². The molecular formula is C13H13NO. The fraction of sp³-hybridized carbons (Fsp3) is 0.154. The number of primary amides is 1. The largest absolute Gasteiger partial charge is 0.366 e. The fourth-order valence-electron chi connectivity index (χ4n) is 1.75. The van der Waals surface area contributed by atoms with Gasteiger partial charge in [0.15, 0.2) is 0 Å². The molecule has 2 heteroatoms. The van der Waals surface area contributed by atoms with E-state index in [-0.39, 0.29) is 5.91 Å². The third-order valence-corrected chi connectivity index (χ3v) is 2.61. The fourth-order valence-corrected chi connectivity index (χ4v) is 1.75. The number of benzene rings is 1. The molecule has 1 atom stereocenters. The molecule has 1 aliphatic carbocycles. The highest BCUT2D eigenvalue weighted by Crippen LogP contribution is 2.26. The van der Waals surface area contributed by atoms with Crippen molar-refractivity contribution in [3.05, 3.63) is 59.7 Å². The van der Waals surface area contributed by atoms with Crippen LogP contribution in [0.15, 0.2) is 54.1 Å². The maximum atomic E-state index is 10.9. The molecule has 2 rings (SSSR count). The lowest BCUT2D eigenvalue weighted by Gasteiger charge is -2.15. The van der Waals surface area contributed by atoms with Gasteiger partial charge in [-0.2, -0.15) is 0 Å². The summed E-state index contributed by atoms with van der Waals surface area (Å²) in [6.07, 6.45) is 6.59. The standard InChI is InChI=1S/C13H13NO/c14-13(15)12-8-6-11(7-9-12)10-4-2-1-3-5-10/h1-6,8-9,11H,7H2,(H2,14,15). The maximum Gasteiger partial charge on any atom is 0.248 e. The van der Waals surface area contributed by atoms with Crippen LogP contribution in [0.5, 0.6) is 0 Å². The van der Waals surface area contributed by atoms with Crippen molar-refractivity contribution in [2.24, 2.45) is 5.73 Å². The Kier molecular flexibility index (Phi) is 2.68. The molecule has 0 radical (unpaired) electrons. The van der Waals surface area contributed by atoms with Crippen LogP contribution in [0.2, 0.25) is 0 Å². The average molecular weight is 199 g/mol. The van der Waals surface area contributed by atoms with Crippen molar-refractivity contribution >= 4 is 5.91 Å². The highest BCUT2D eigenvalue weighted by molar-refractivity contribution is 5.95. The predicted molar refractivity (Wildman–Crippen MR) is 60.2 cm³/mol. The van der Waals surface area contributed by atoms with Gasteiger partial charge in [0.25, 0.3) is 0 Å². The molecule has 0 aromatic heterocycles. The third-order valence-electron chi connectivity index (χ3n) is 2.61. The summed E-state index contributed by atoms with van der Waals surface area (Å²) < 4.78 is 0. The number of hydrogen-bond donors (Lipinski definition) is 1. The summed E-state index contributed by atoms with van der Waals surface area (Å²) in [4.78, 5) is 10.9.